The highest BCUT2D eigenvalue weighted by Crippen LogP contribution is 2.58. The number of Topliss-reactive ketones (excluding diaryl/α,β-unsaturated/α-hetero) is 1. The highest BCUT2D eigenvalue weighted by Gasteiger charge is 2.60. The van der Waals surface area contributed by atoms with E-state index in [0.717, 1.165) is 17.2 Å². The first-order valence-electron chi connectivity index (χ1n) is 8.95. The van der Waals surface area contributed by atoms with Crippen molar-refractivity contribution in [3.8, 4) is 0 Å². The van der Waals surface area contributed by atoms with Crippen LogP contribution in [0.4, 0.5) is 0 Å². The van der Waals surface area contributed by atoms with Gasteiger partial charge in [0.15, 0.2) is 5.78 Å². The van der Waals surface area contributed by atoms with E-state index < -0.39 is 0 Å². The fraction of sp³-hybridized carbons (Fsp3) is 0.550. The molecule has 6 rings (SSSR count). The van der Waals surface area contributed by atoms with Crippen LogP contribution in [-0.2, 0) is 0 Å². The van der Waals surface area contributed by atoms with Crippen LogP contribution in [0.3, 0.4) is 0 Å². The van der Waals surface area contributed by atoms with Crippen molar-refractivity contribution >= 4 is 27.2 Å². The summed E-state index contributed by atoms with van der Waals surface area (Å²) < 4.78 is 1.28. The molecule has 4 heterocycles. The first kappa shape index (κ1) is 14.2. The van der Waals surface area contributed by atoms with E-state index in [1.165, 1.54) is 54.4 Å². The van der Waals surface area contributed by atoms with E-state index in [9.17, 15) is 4.79 Å². The molecule has 4 aliphatic rings. The van der Waals surface area contributed by atoms with Gasteiger partial charge in [-0.25, -0.2) is 0 Å². The third-order valence-electron chi connectivity index (χ3n) is 6.61. The van der Waals surface area contributed by atoms with Gasteiger partial charge in [-0.05, 0) is 74.5 Å². The third kappa shape index (κ3) is 2.06. The summed E-state index contributed by atoms with van der Waals surface area (Å²) >= 11 is 1.70. The Labute approximate surface area is 141 Å². The van der Waals surface area contributed by atoms with Gasteiger partial charge in [0.05, 0.1) is 4.88 Å². The number of carbonyl (C=O) groups excluding carboxylic acids is 1. The number of fused-ring (bicyclic) bond motifs is 3. The molecule has 2 nitrogen and oxygen atoms in total. The number of carbonyl (C=O) groups is 1. The fourth-order valence-corrected chi connectivity index (χ4v) is 6.32. The lowest BCUT2D eigenvalue weighted by Crippen LogP contribution is -2.57. The number of rotatable bonds is 3. The minimum Gasteiger partial charge on any atom is -0.297 e. The van der Waals surface area contributed by atoms with Gasteiger partial charge in [-0.1, -0.05) is 18.2 Å². The van der Waals surface area contributed by atoms with Gasteiger partial charge >= 0.3 is 0 Å². The van der Waals surface area contributed by atoms with Gasteiger partial charge in [0.1, 0.15) is 0 Å². The maximum absolute atomic E-state index is 13.0. The summed E-state index contributed by atoms with van der Waals surface area (Å²) in [5.74, 6) is 1.79. The molecule has 0 radical (unpaired) electrons. The van der Waals surface area contributed by atoms with Crippen LogP contribution < -0.4 is 0 Å². The van der Waals surface area contributed by atoms with E-state index >= 15 is 0 Å². The Hall–Kier alpha value is -1.19. The second kappa shape index (κ2) is 4.90. The number of benzene rings is 1. The van der Waals surface area contributed by atoms with Gasteiger partial charge in [-0.2, -0.15) is 0 Å². The number of piperidine rings is 3. The molecule has 2 aromatic rings. The lowest BCUT2D eigenvalue weighted by Gasteiger charge is -2.52. The highest BCUT2D eigenvalue weighted by molar-refractivity contribution is 7.21. The zero-order valence-electron chi connectivity index (χ0n) is 13.7. The van der Waals surface area contributed by atoms with Crippen molar-refractivity contribution in [1.82, 2.24) is 4.90 Å². The van der Waals surface area contributed by atoms with Crippen molar-refractivity contribution < 1.29 is 4.79 Å². The molecule has 1 aliphatic carbocycles. The van der Waals surface area contributed by atoms with E-state index in [-0.39, 0.29) is 0 Å². The molecule has 1 aromatic carbocycles. The Bertz CT molecular complexity index is 780. The Kier molecular flexibility index (Phi) is 3.02. The Morgan fingerprint density at radius 1 is 1.30 bits per heavy atom. The van der Waals surface area contributed by atoms with Gasteiger partial charge in [-0.3, -0.25) is 9.69 Å². The molecule has 0 N–H and O–H groups in total. The smallest absolute Gasteiger partial charge is 0.173 e. The van der Waals surface area contributed by atoms with E-state index in [0.29, 0.717) is 17.2 Å². The Morgan fingerprint density at radius 3 is 2.78 bits per heavy atom. The zero-order valence-corrected chi connectivity index (χ0v) is 14.5. The standard InChI is InChI=1S/C20H23NOS/c1-13-3-2-4-15-11-18(23-19(13)15)17(22)12-16-14-5-9-21(10-6-14)20(16)7-8-20/h2-4,11,14,16H,5-10,12H2,1H3/t16-/m1/s1. The quantitative estimate of drug-likeness (QED) is 0.765. The number of nitrogens with zero attached hydrogens (tertiary/aromatic N) is 1. The molecule has 4 fully saturated rings. The van der Waals surface area contributed by atoms with E-state index in [1.54, 1.807) is 11.3 Å². The first-order valence-corrected chi connectivity index (χ1v) is 9.76. The van der Waals surface area contributed by atoms with Gasteiger partial charge in [0.2, 0.25) is 0 Å². The summed E-state index contributed by atoms with van der Waals surface area (Å²) in [5.41, 5.74) is 1.71. The molecule has 1 saturated carbocycles. The summed E-state index contributed by atoms with van der Waals surface area (Å²) in [5, 5.41) is 1.23. The average molecular weight is 325 g/mol. The average Bonchev–Trinajstić information content (AvgIpc) is 3.21. The summed E-state index contributed by atoms with van der Waals surface area (Å²) in [6.07, 6.45) is 6.05. The van der Waals surface area contributed by atoms with Crippen LogP contribution >= 0.6 is 11.3 Å². The molecule has 3 aliphatic heterocycles. The van der Waals surface area contributed by atoms with Gasteiger partial charge in [-0.15, -0.1) is 11.3 Å². The lowest BCUT2D eigenvalue weighted by molar-refractivity contribution is -0.0273. The normalized spacial score (nSPS) is 30.9. The molecular formula is C20H23NOS. The third-order valence-corrected chi connectivity index (χ3v) is 7.94. The van der Waals surface area contributed by atoms with Crippen LogP contribution in [0, 0.1) is 18.8 Å². The first-order chi connectivity index (χ1) is 11.2. The fourth-order valence-electron chi connectivity index (χ4n) is 5.24. The van der Waals surface area contributed by atoms with E-state index in [2.05, 4.69) is 36.1 Å². The molecule has 1 spiro atoms. The Morgan fingerprint density at radius 2 is 2.09 bits per heavy atom. The molecule has 1 aromatic heterocycles. The van der Waals surface area contributed by atoms with Crippen molar-refractivity contribution in [2.24, 2.45) is 11.8 Å². The summed E-state index contributed by atoms with van der Waals surface area (Å²) in [6, 6.07) is 8.48. The Balaban J connectivity index is 1.43. The van der Waals surface area contributed by atoms with Crippen LogP contribution in [0.2, 0.25) is 0 Å². The van der Waals surface area contributed by atoms with Crippen LogP contribution in [0.5, 0.6) is 0 Å². The van der Waals surface area contributed by atoms with E-state index in [4.69, 9.17) is 0 Å². The number of hydrogen-bond donors (Lipinski definition) is 0. The van der Waals surface area contributed by atoms with Crippen LogP contribution in [0.25, 0.3) is 10.1 Å². The molecule has 0 unspecified atom stereocenters. The maximum Gasteiger partial charge on any atom is 0.173 e. The van der Waals surface area contributed by atoms with Gasteiger partial charge < -0.3 is 0 Å². The molecule has 3 heteroatoms. The van der Waals surface area contributed by atoms with Gasteiger partial charge in [0.25, 0.3) is 0 Å². The second-order valence-corrected chi connectivity index (χ2v) is 8.82. The topological polar surface area (TPSA) is 20.3 Å². The van der Waals surface area contributed by atoms with Crippen LogP contribution in [0.1, 0.15) is 47.3 Å². The molecule has 23 heavy (non-hydrogen) atoms. The number of hydrogen-bond acceptors (Lipinski definition) is 3. The molecular weight excluding hydrogens is 302 g/mol. The largest absolute Gasteiger partial charge is 0.297 e. The lowest BCUT2D eigenvalue weighted by atomic mass is 9.70. The summed E-state index contributed by atoms with van der Waals surface area (Å²) in [7, 11) is 0. The van der Waals surface area contributed by atoms with Gasteiger partial charge in [0, 0.05) is 16.7 Å². The monoisotopic (exact) mass is 325 g/mol. The highest BCUT2D eigenvalue weighted by atomic mass is 32.1. The van der Waals surface area contributed by atoms with Crippen molar-refractivity contribution in [1.29, 1.82) is 0 Å². The van der Waals surface area contributed by atoms with Crippen LogP contribution in [0.15, 0.2) is 24.3 Å². The zero-order chi connectivity index (χ0) is 15.6. The molecule has 1 atom stereocenters. The minimum atomic E-state index is 0.385. The summed E-state index contributed by atoms with van der Waals surface area (Å²) in [4.78, 5) is 16.7. The summed E-state index contributed by atoms with van der Waals surface area (Å²) in [6.45, 7) is 4.69. The second-order valence-electron chi connectivity index (χ2n) is 7.77. The van der Waals surface area contributed by atoms with E-state index in [1.807, 2.05) is 0 Å². The van der Waals surface area contributed by atoms with Crippen molar-refractivity contribution in [3.05, 3.63) is 34.7 Å². The predicted molar refractivity (Wildman–Crippen MR) is 95.3 cm³/mol. The van der Waals surface area contributed by atoms with Crippen molar-refractivity contribution in [3.63, 3.8) is 0 Å². The van der Waals surface area contributed by atoms with Crippen LogP contribution in [-0.4, -0.2) is 29.3 Å². The predicted octanol–water partition coefficient (Wildman–Crippen LogP) is 4.66. The SMILES string of the molecule is Cc1cccc2cc(C(=O)C[C@@H]3C4CCN(CC4)C34CC4)sc12. The molecule has 3 saturated heterocycles. The molecule has 120 valence electrons. The minimum absolute atomic E-state index is 0.385. The molecule has 2 bridgehead atoms. The molecule has 0 amide bonds. The number of aryl methyl sites for hydroxylation is 1. The van der Waals surface area contributed by atoms with Crippen molar-refractivity contribution in [2.75, 3.05) is 13.1 Å². The number of ketones is 1. The maximum atomic E-state index is 13.0. The van der Waals surface area contributed by atoms with Crippen molar-refractivity contribution in [2.45, 2.75) is 44.6 Å². The number of thiophene rings is 1.